The molecule has 5 nitrogen and oxygen atoms in total. The summed E-state index contributed by atoms with van der Waals surface area (Å²) in [5, 5.41) is 8.83. The van der Waals surface area contributed by atoms with Crippen LogP contribution < -0.4 is 4.72 Å². The molecule has 0 atom stereocenters. The van der Waals surface area contributed by atoms with Crippen LogP contribution in [0.3, 0.4) is 0 Å². The van der Waals surface area contributed by atoms with E-state index in [-0.39, 0.29) is 10.8 Å². The van der Waals surface area contributed by atoms with Crippen molar-refractivity contribution in [2.45, 2.75) is 17.6 Å². The third-order valence-electron chi connectivity index (χ3n) is 2.42. The van der Waals surface area contributed by atoms with E-state index in [4.69, 9.17) is 5.11 Å². The Labute approximate surface area is 116 Å². The van der Waals surface area contributed by atoms with E-state index in [2.05, 4.69) is 9.71 Å². The molecule has 0 amide bonds. The fourth-order valence-electron chi connectivity index (χ4n) is 1.48. The summed E-state index contributed by atoms with van der Waals surface area (Å²) in [4.78, 5) is 4.87. The van der Waals surface area contributed by atoms with Crippen LogP contribution in [0.15, 0.2) is 34.7 Å². The number of aliphatic hydroxyl groups excluding tert-OH is 1. The zero-order chi connectivity index (χ0) is 13.9. The molecule has 0 aliphatic rings. The van der Waals surface area contributed by atoms with Crippen molar-refractivity contribution in [1.82, 2.24) is 4.98 Å². The minimum Gasteiger partial charge on any atom is -0.396 e. The normalized spacial score (nSPS) is 11.5. The van der Waals surface area contributed by atoms with Crippen molar-refractivity contribution in [3.05, 3.63) is 41.0 Å². The predicted molar refractivity (Wildman–Crippen MR) is 74.9 cm³/mol. The van der Waals surface area contributed by atoms with Gasteiger partial charge in [0.25, 0.3) is 10.0 Å². The van der Waals surface area contributed by atoms with Crippen molar-refractivity contribution in [3.63, 3.8) is 0 Å². The highest BCUT2D eigenvalue weighted by atomic mass is 32.2. The molecule has 0 saturated heterocycles. The van der Waals surface area contributed by atoms with Gasteiger partial charge in [0.15, 0.2) is 0 Å². The van der Waals surface area contributed by atoms with Gasteiger partial charge in [0.05, 0.1) is 11.9 Å². The van der Waals surface area contributed by atoms with Crippen LogP contribution in [-0.2, 0) is 16.4 Å². The quantitative estimate of drug-likeness (QED) is 0.882. The van der Waals surface area contributed by atoms with Gasteiger partial charge in [0, 0.05) is 23.6 Å². The minimum atomic E-state index is -3.58. The summed E-state index contributed by atoms with van der Waals surface area (Å²) >= 11 is 1.16. The summed E-state index contributed by atoms with van der Waals surface area (Å²) in [7, 11) is -3.58. The fourth-order valence-corrected chi connectivity index (χ4v) is 3.87. The molecule has 2 rings (SSSR count). The van der Waals surface area contributed by atoms with Crippen LogP contribution in [0.25, 0.3) is 0 Å². The SMILES string of the molecule is Cc1ccc(NS(=O)(=O)c2ccc(CCO)s2)cn1. The summed E-state index contributed by atoms with van der Waals surface area (Å²) in [5.74, 6) is 0. The fraction of sp³-hybridized carbons (Fsp3) is 0.250. The van der Waals surface area contributed by atoms with Crippen molar-refractivity contribution in [2.75, 3.05) is 11.3 Å². The molecule has 0 fully saturated rings. The Morgan fingerprint density at radius 2 is 2.11 bits per heavy atom. The van der Waals surface area contributed by atoms with E-state index in [1.54, 1.807) is 24.3 Å². The molecule has 0 aromatic carbocycles. The third-order valence-corrected chi connectivity index (χ3v) is 5.44. The molecule has 2 aromatic heterocycles. The van der Waals surface area contributed by atoms with Crippen molar-refractivity contribution in [3.8, 4) is 0 Å². The molecule has 102 valence electrons. The molecule has 19 heavy (non-hydrogen) atoms. The number of nitrogens with zero attached hydrogens (tertiary/aromatic N) is 1. The summed E-state index contributed by atoms with van der Waals surface area (Å²) in [6.45, 7) is 1.84. The number of aryl methyl sites for hydroxylation is 1. The first-order chi connectivity index (χ1) is 9.01. The molecule has 0 unspecified atom stereocenters. The van der Waals surface area contributed by atoms with Gasteiger partial charge in [-0.3, -0.25) is 9.71 Å². The molecule has 7 heteroatoms. The smallest absolute Gasteiger partial charge is 0.271 e. The van der Waals surface area contributed by atoms with Crippen molar-refractivity contribution >= 4 is 27.0 Å². The molecule has 0 spiro atoms. The van der Waals surface area contributed by atoms with Gasteiger partial charge >= 0.3 is 0 Å². The van der Waals surface area contributed by atoms with E-state index >= 15 is 0 Å². The van der Waals surface area contributed by atoms with Crippen LogP contribution in [0.4, 0.5) is 5.69 Å². The molecule has 0 radical (unpaired) electrons. The Kier molecular flexibility index (Phi) is 4.18. The van der Waals surface area contributed by atoms with Gasteiger partial charge in [-0.25, -0.2) is 8.42 Å². The maximum Gasteiger partial charge on any atom is 0.271 e. The Hall–Kier alpha value is -1.44. The van der Waals surface area contributed by atoms with Gasteiger partial charge in [0.1, 0.15) is 4.21 Å². The van der Waals surface area contributed by atoms with Crippen molar-refractivity contribution in [1.29, 1.82) is 0 Å². The van der Waals surface area contributed by atoms with Crippen molar-refractivity contribution in [2.24, 2.45) is 0 Å². The summed E-state index contributed by atoms with van der Waals surface area (Å²) in [6, 6.07) is 6.66. The zero-order valence-corrected chi connectivity index (χ0v) is 12.0. The highest BCUT2D eigenvalue weighted by Gasteiger charge is 2.16. The highest BCUT2D eigenvalue weighted by molar-refractivity contribution is 7.94. The highest BCUT2D eigenvalue weighted by Crippen LogP contribution is 2.24. The monoisotopic (exact) mass is 298 g/mol. The number of thiophene rings is 1. The number of rotatable bonds is 5. The molecular weight excluding hydrogens is 284 g/mol. The number of pyridine rings is 1. The van der Waals surface area contributed by atoms with Gasteiger partial charge in [-0.05, 0) is 31.2 Å². The first-order valence-electron chi connectivity index (χ1n) is 5.66. The molecular formula is C12H14N2O3S2. The number of sulfonamides is 1. The zero-order valence-electron chi connectivity index (χ0n) is 10.3. The molecule has 0 aliphatic heterocycles. The second-order valence-electron chi connectivity index (χ2n) is 3.99. The van der Waals surface area contributed by atoms with Crippen LogP contribution in [0.5, 0.6) is 0 Å². The van der Waals surface area contributed by atoms with Crippen LogP contribution >= 0.6 is 11.3 Å². The van der Waals surface area contributed by atoms with Gasteiger partial charge < -0.3 is 5.11 Å². The Morgan fingerprint density at radius 3 is 2.74 bits per heavy atom. The third kappa shape index (κ3) is 3.52. The lowest BCUT2D eigenvalue weighted by molar-refractivity contribution is 0.300. The van der Waals surface area contributed by atoms with Crippen LogP contribution in [-0.4, -0.2) is 25.1 Å². The van der Waals surface area contributed by atoms with E-state index in [9.17, 15) is 8.42 Å². The lowest BCUT2D eigenvalue weighted by atomic mass is 10.4. The number of aliphatic hydroxyl groups is 1. The van der Waals surface area contributed by atoms with Crippen LogP contribution in [0, 0.1) is 6.92 Å². The van der Waals surface area contributed by atoms with E-state index in [0.29, 0.717) is 12.1 Å². The molecule has 2 aromatic rings. The topological polar surface area (TPSA) is 79.3 Å². The van der Waals surface area contributed by atoms with Crippen LogP contribution in [0.1, 0.15) is 10.6 Å². The summed E-state index contributed by atoms with van der Waals surface area (Å²) < 4.78 is 26.9. The predicted octanol–water partition coefficient (Wildman–Crippen LogP) is 1.79. The molecule has 0 aliphatic carbocycles. The maximum atomic E-state index is 12.1. The number of nitrogens with one attached hydrogen (secondary N) is 1. The second-order valence-corrected chi connectivity index (χ2v) is 7.07. The minimum absolute atomic E-state index is 0.00924. The van der Waals surface area contributed by atoms with Gasteiger partial charge in [-0.15, -0.1) is 11.3 Å². The van der Waals surface area contributed by atoms with Crippen LogP contribution in [0.2, 0.25) is 0 Å². The summed E-state index contributed by atoms with van der Waals surface area (Å²) in [6.07, 6.45) is 1.95. The Bertz CT molecular complexity index is 648. The lowest BCUT2D eigenvalue weighted by Crippen LogP contribution is -2.11. The van der Waals surface area contributed by atoms with E-state index in [1.807, 2.05) is 6.92 Å². The number of anilines is 1. The largest absolute Gasteiger partial charge is 0.396 e. The Balaban J connectivity index is 2.19. The first kappa shape index (κ1) is 14.0. The van der Waals surface area contributed by atoms with E-state index in [0.717, 1.165) is 21.9 Å². The second kappa shape index (κ2) is 5.68. The van der Waals surface area contributed by atoms with Gasteiger partial charge in [0.2, 0.25) is 0 Å². The average Bonchev–Trinajstić information content (AvgIpc) is 2.82. The van der Waals surface area contributed by atoms with E-state index in [1.165, 1.54) is 6.20 Å². The molecule has 2 heterocycles. The lowest BCUT2D eigenvalue weighted by Gasteiger charge is -2.05. The van der Waals surface area contributed by atoms with Crippen molar-refractivity contribution < 1.29 is 13.5 Å². The van der Waals surface area contributed by atoms with Gasteiger partial charge in [-0.2, -0.15) is 0 Å². The van der Waals surface area contributed by atoms with Gasteiger partial charge in [-0.1, -0.05) is 0 Å². The number of aromatic nitrogens is 1. The maximum absolute atomic E-state index is 12.1. The average molecular weight is 298 g/mol. The number of hydrogen-bond acceptors (Lipinski definition) is 5. The number of hydrogen-bond donors (Lipinski definition) is 2. The molecule has 2 N–H and O–H groups in total. The van der Waals surface area contributed by atoms with E-state index < -0.39 is 10.0 Å². The molecule has 0 bridgehead atoms. The summed E-state index contributed by atoms with van der Waals surface area (Å²) in [5.41, 5.74) is 1.26. The standard InChI is InChI=1S/C12H14N2O3S2/c1-9-2-3-10(8-13-9)14-19(16,17)12-5-4-11(18-12)6-7-15/h2-5,8,14-15H,6-7H2,1H3. The first-order valence-corrected chi connectivity index (χ1v) is 7.96. The molecule has 0 saturated carbocycles. The Morgan fingerprint density at radius 1 is 1.32 bits per heavy atom.